The van der Waals surface area contributed by atoms with Gasteiger partial charge in [0.25, 0.3) is 0 Å². The molecule has 0 bridgehead atoms. The van der Waals surface area contributed by atoms with Crippen LogP contribution in [0.2, 0.25) is 0 Å². The number of aliphatic hydroxyl groups excluding tert-OH is 1. The van der Waals surface area contributed by atoms with Crippen LogP contribution in [0.25, 0.3) is 0 Å². The van der Waals surface area contributed by atoms with Crippen LogP contribution in [0.1, 0.15) is 50.2 Å². The molecular formula is C17H26O2. The molecule has 1 saturated carbocycles. The first-order chi connectivity index (χ1) is 9.10. The van der Waals surface area contributed by atoms with E-state index in [2.05, 4.69) is 32.9 Å². The van der Waals surface area contributed by atoms with Crippen LogP contribution in [0.3, 0.4) is 0 Å². The summed E-state index contributed by atoms with van der Waals surface area (Å²) in [5, 5.41) is 10.1. The molecule has 1 fully saturated rings. The monoisotopic (exact) mass is 262 g/mol. The van der Waals surface area contributed by atoms with Gasteiger partial charge in [0, 0.05) is 0 Å². The fourth-order valence-electron chi connectivity index (χ4n) is 3.09. The van der Waals surface area contributed by atoms with Crippen molar-refractivity contribution in [3.05, 3.63) is 29.3 Å². The van der Waals surface area contributed by atoms with E-state index in [0.717, 1.165) is 30.6 Å². The second-order valence-electron chi connectivity index (χ2n) is 5.96. The average Bonchev–Trinajstić information content (AvgIpc) is 2.37. The lowest BCUT2D eigenvalue weighted by molar-refractivity contribution is -0.0120. The summed E-state index contributed by atoms with van der Waals surface area (Å²) in [6.07, 6.45) is 5.13. The van der Waals surface area contributed by atoms with Gasteiger partial charge in [-0.2, -0.15) is 0 Å². The Morgan fingerprint density at radius 3 is 2.74 bits per heavy atom. The van der Waals surface area contributed by atoms with Crippen molar-refractivity contribution >= 4 is 0 Å². The molecular weight excluding hydrogens is 236 g/mol. The van der Waals surface area contributed by atoms with Gasteiger partial charge < -0.3 is 9.84 Å². The van der Waals surface area contributed by atoms with Gasteiger partial charge >= 0.3 is 0 Å². The number of hydrogen-bond donors (Lipinski definition) is 1. The second kappa shape index (κ2) is 6.42. The summed E-state index contributed by atoms with van der Waals surface area (Å²) < 4.78 is 6.08. The van der Waals surface area contributed by atoms with Gasteiger partial charge in [-0.1, -0.05) is 37.5 Å². The van der Waals surface area contributed by atoms with E-state index in [0.29, 0.717) is 5.92 Å². The fourth-order valence-corrected chi connectivity index (χ4v) is 3.09. The first-order valence-corrected chi connectivity index (χ1v) is 7.52. The molecule has 0 spiro atoms. The maximum absolute atomic E-state index is 10.1. The molecule has 0 heterocycles. The predicted octanol–water partition coefficient (Wildman–Crippen LogP) is 4.01. The molecule has 3 unspecified atom stereocenters. The number of benzene rings is 1. The Bertz CT molecular complexity index is 414. The van der Waals surface area contributed by atoms with Gasteiger partial charge in [0.1, 0.15) is 11.9 Å². The fraction of sp³-hybridized carbons (Fsp3) is 0.647. The van der Waals surface area contributed by atoms with Gasteiger partial charge in [0.05, 0.1) is 6.10 Å². The summed E-state index contributed by atoms with van der Waals surface area (Å²) in [6.45, 7) is 6.38. The summed E-state index contributed by atoms with van der Waals surface area (Å²) >= 11 is 0. The van der Waals surface area contributed by atoms with Crippen LogP contribution in [0.15, 0.2) is 18.2 Å². The number of ether oxygens (including phenoxy) is 1. The van der Waals surface area contributed by atoms with E-state index in [1.807, 2.05) is 6.07 Å². The minimum Gasteiger partial charge on any atom is -0.487 e. The van der Waals surface area contributed by atoms with E-state index < -0.39 is 0 Å². The highest BCUT2D eigenvalue weighted by Crippen LogP contribution is 2.32. The van der Waals surface area contributed by atoms with Gasteiger partial charge in [0.2, 0.25) is 0 Å². The maximum Gasteiger partial charge on any atom is 0.125 e. The number of rotatable bonds is 4. The largest absolute Gasteiger partial charge is 0.487 e. The molecule has 0 saturated heterocycles. The molecule has 1 aliphatic rings. The third-order valence-corrected chi connectivity index (χ3v) is 4.17. The van der Waals surface area contributed by atoms with Crippen LogP contribution in [0, 0.1) is 19.8 Å². The van der Waals surface area contributed by atoms with Crippen molar-refractivity contribution in [3.63, 3.8) is 0 Å². The minimum absolute atomic E-state index is 0.0355. The van der Waals surface area contributed by atoms with Crippen LogP contribution >= 0.6 is 0 Å². The van der Waals surface area contributed by atoms with E-state index in [1.165, 1.54) is 18.4 Å². The van der Waals surface area contributed by atoms with Crippen molar-refractivity contribution in [2.24, 2.45) is 5.92 Å². The Balaban J connectivity index is 2.03. The molecule has 1 aromatic rings. The molecule has 3 atom stereocenters. The predicted molar refractivity (Wildman–Crippen MR) is 78.6 cm³/mol. The third-order valence-electron chi connectivity index (χ3n) is 4.17. The molecule has 0 aromatic heterocycles. The van der Waals surface area contributed by atoms with Crippen molar-refractivity contribution in [2.75, 3.05) is 0 Å². The van der Waals surface area contributed by atoms with Gasteiger partial charge in [-0.15, -0.1) is 0 Å². The van der Waals surface area contributed by atoms with E-state index in [-0.39, 0.29) is 12.2 Å². The van der Waals surface area contributed by atoms with Crippen molar-refractivity contribution in [1.82, 2.24) is 0 Å². The zero-order valence-electron chi connectivity index (χ0n) is 12.4. The normalized spacial score (nSPS) is 27.3. The van der Waals surface area contributed by atoms with Gasteiger partial charge in [-0.3, -0.25) is 0 Å². The van der Waals surface area contributed by atoms with E-state index in [9.17, 15) is 5.11 Å². The van der Waals surface area contributed by atoms with Crippen LogP contribution < -0.4 is 4.74 Å². The summed E-state index contributed by atoms with van der Waals surface area (Å²) in [4.78, 5) is 0. The zero-order valence-corrected chi connectivity index (χ0v) is 12.4. The highest BCUT2D eigenvalue weighted by molar-refractivity contribution is 5.35. The smallest absolute Gasteiger partial charge is 0.125 e. The summed E-state index contributed by atoms with van der Waals surface area (Å²) in [5.41, 5.74) is 2.41. The van der Waals surface area contributed by atoms with E-state index >= 15 is 0 Å². The third kappa shape index (κ3) is 3.73. The lowest BCUT2D eigenvalue weighted by Crippen LogP contribution is -2.38. The van der Waals surface area contributed by atoms with Crippen LogP contribution in [-0.4, -0.2) is 17.3 Å². The first-order valence-electron chi connectivity index (χ1n) is 7.52. The Labute approximate surface area is 116 Å². The zero-order chi connectivity index (χ0) is 13.8. The Morgan fingerprint density at radius 1 is 1.26 bits per heavy atom. The molecule has 2 heteroatoms. The highest BCUT2D eigenvalue weighted by Gasteiger charge is 2.30. The number of aryl methyl sites for hydroxylation is 2. The Hall–Kier alpha value is -1.02. The molecule has 0 amide bonds. The van der Waals surface area contributed by atoms with Crippen LogP contribution in [-0.2, 0) is 0 Å². The molecule has 0 aliphatic heterocycles. The molecule has 106 valence electrons. The minimum atomic E-state index is -0.311. The standard InChI is InChI=1S/C17H26O2/c1-4-5-14-7-8-15(18)17(11-14)19-16-9-6-12(2)10-13(16)3/h6,9-10,14-15,17-18H,4-5,7-8,11H2,1-3H3. The SMILES string of the molecule is CCCC1CCC(O)C(Oc2ccc(C)cc2C)C1. The topological polar surface area (TPSA) is 29.5 Å². The molecule has 2 rings (SSSR count). The highest BCUT2D eigenvalue weighted by atomic mass is 16.5. The maximum atomic E-state index is 10.1. The Morgan fingerprint density at radius 2 is 2.05 bits per heavy atom. The number of hydrogen-bond acceptors (Lipinski definition) is 2. The molecule has 2 nitrogen and oxygen atoms in total. The van der Waals surface area contributed by atoms with E-state index in [4.69, 9.17) is 4.74 Å². The van der Waals surface area contributed by atoms with Crippen molar-refractivity contribution < 1.29 is 9.84 Å². The Kier molecular flexibility index (Phi) is 4.87. The van der Waals surface area contributed by atoms with Gasteiger partial charge in [-0.25, -0.2) is 0 Å². The summed E-state index contributed by atoms with van der Waals surface area (Å²) in [6, 6.07) is 6.23. The lowest BCUT2D eigenvalue weighted by Gasteiger charge is -2.33. The first kappa shape index (κ1) is 14.4. The van der Waals surface area contributed by atoms with Crippen LogP contribution in [0.4, 0.5) is 0 Å². The van der Waals surface area contributed by atoms with Crippen molar-refractivity contribution in [1.29, 1.82) is 0 Å². The molecule has 0 radical (unpaired) electrons. The quantitative estimate of drug-likeness (QED) is 0.888. The molecule has 19 heavy (non-hydrogen) atoms. The van der Waals surface area contributed by atoms with Gasteiger partial charge in [-0.05, 0) is 50.7 Å². The second-order valence-corrected chi connectivity index (χ2v) is 5.96. The van der Waals surface area contributed by atoms with Crippen LogP contribution in [0.5, 0.6) is 5.75 Å². The lowest BCUT2D eigenvalue weighted by atomic mass is 9.83. The number of aliphatic hydroxyl groups is 1. The van der Waals surface area contributed by atoms with Crippen molar-refractivity contribution in [3.8, 4) is 5.75 Å². The van der Waals surface area contributed by atoms with Crippen molar-refractivity contribution in [2.45, 2.75) is 65.1 Å². The van der Waals surface area contributed by atoms with Gasteiger partial charge in [0.15, 0.2) is 0 Å². The van der Waals surface area contributed by atoms with E-state index in [1.54, 1.807) is 0 Å². The molecule has 1 N–H and O–H groups in total. The average molecular weight is 262 g/mol. The molecule has 1 aromatic carbocycles. The summed E-state index contributed by atoms with van der Waals surface area (Å²) in [7, 11) is 0. The summed E-state index contributed by atoms with van der Waals surface area (Å²) in [5.74, 6) is 1.64. The molecule has 1 aliphatic carbocycles.